The Hall–Kier alpha value is -2.02. The number of hydrogen-bond donors (Lipinski definition) is 1. The van der Waals surface area contributed by atoms with E-state index in [2.05, 4.69) is 46.9 Å². The van der Waals surface area contributed by atoms with Gasteiger partial charge in [-0.1, -0.05) is 11.6 Å². The number of benzene rings is 2. The first-order valence-corrected chi connectivity index (χ1v) is 16.7. The number of morpholine rings is 1. The van der Waals surface area contributed by atoms with E-state index in [1.807, 2.05) is 30.5 Å². The average Bonchev–Trinajstić information content (AvgIpc) is 2.85. The van der Waals surface area contributed by atoms with Crippen molar-refractivity contribution in [1.82, 2.24) is 14.8 Å². The number of hydrogen-bond acceptors (Lipinski definition) is 5. The standard InChI is InChI=1S/C27H33ClN3O3PS/c1-35(2,3)24-17-31-16-22(27(32)29-14-18-4-6-20(28)7-5-18)26(36)21-12-19(13-23(34-24)25(21)31)15-30-8-10-33-11-9-30/h4-7,12-13,16,24,35H,8-11,14-15,17H2,1-3H3,(H,29,32). The topological polar surface area (TPSA) is 55.7 Å². The van der Waals surface area contributed by atoms with Gasteiger partial charge in [-0.2, -0.15) is 0 Å². The van der Waals surface area contributed by atoms with Crippen LogP contribution in [0.4, 0.5) is 0 Å². The molecule has 0 saturated carbocycles. The molecule has 192 valence electrons. The molecule has 1 N–H and O–H groups in total. The Kier molecular flexibility index (Phi) is 7.39. The van der Waals surface area contributed by atoms with E-state index < -0.39 is 7.26 Å². The van der Waals surface area contributed by atoms with Gasteiger partial charge in [0.2, 0.25) is 0 Å². The predicted molar refractivity (Wildman–Crippen MR) is 152 cm³/mol. The van der Waals surface area contributed by atoms with Crippen molar-refractivity contribution in [3.8, 4) is 5.75 Å². The van der Waals surface area contributed by atoms with E-state index in [0.29, 0.717) is 21.6 Å². The molecule has 0 aliphatic carbocycles. The van der Waals surface area contributed by atoms with Gasteiger partial charge in [0.1, 0.15) is 0 Å². The average molecular weight is 546 g/mol. The summed E-state index contributed by atoms with van der Waals surface area (Å²) < 4.78 is 14.9. The zero-order chi connectivity index (χ0) is 25.4. The number of aromatic nitrogens is 1. The normalized spacial score (nSPS) is 18.6. The number of nitrogens with zero attached hydrogens (tertiary/aromatic N) is 2. The van der Waals surface area contributed by atoms with Crippen LogP contribution in [0.1, 0.15) is 21.5 Å². The number of rotatable bonds is 6. The van der Waals surface area contributed by atoms with Gasteiger partial charge in [0.25, 0.3) is 0 Å². The third-order valence-electron chi connectivity index (χ3n) is 6.91. The van der Waals surface area contributed by atoms with Crippen molar-refractivity contribution in [2.75, 3.05) is 46.3 Å². The Morgan fingerprint density at radius 3 is 2.56 bits per heavy atom. The molecule has 1 amide bonds. The summed E-state index contributed by atoms with van der Waals surface area (Å²) in [6, 6.07) is 11.8. The van der Waals surface area contributed by atoms with E-state index in [-0.39, 0.29) is 11.8 Å². The van der Waals surface area contributed by atoms with Gasteiger partial charge in [0.05, 0.1) is 0 Å². The molecule has 6 nitrogen and oxygen atoms in total. The maximum absolute atomic E-state index is 13.3. The van der Waals surface area contributed by atoms with Crippen LogP contribution in [-0.2, 0) is 24.4 Å². The molecule has 2 aliphatic rings. The van der Waals surface area contributed by atoms with E-state index in [4.69, 9.17) is 33.3 Å². The number of carbonyl (C=O) groups excluding carboxylic acids is 1. The fourth-order valence-electron chi connectivity index (χ4n) is 4.76. The third-order valence-corrected chi connectivity index (χ3v) is 9.84. The van der Waals surface area contributed by atoms with Crippen LogP contribution >= 0.6 is 31.1 Å². The van der Waals surface area contributed by atoms with Crippen molar-refractivity contribution < 1.29 is 14.3 Å². The molecular weight excluding hydrogens is 513 g/mol. The number of halogens is 1. The summed E-state index contributed by atoms with van der Waals surface area (Å²) in [7, 11) is -1.63. The molecule has 1 aromatic heterocycles. The van der Waals surface area contributed by atoms with Crippen molar-refractivity contribution in [2.24, 2.45) is 0 Å². The second kappa shape index (κ2) is 10.4. The zero-order valence-corrected chi connectivity index (χ0v) is 23.5. The van der Waals surface area contributed by atoms with E-state index >= 15 is 0 Å². The van der Waals surface area contributed by atoms with Gasteiger partial charge < -0.3 is 0 Å². The van der Waals surface area contributed by atoms with Crippen molar-refractivity contribution in [3.63, 3.8) is 0 Å². The summed E-state index contributed by atoms with van der Waals surface area (Å²) in [5.41, 5.74) is 3.63. The Bertz CT molecular complexity index is 1350. The van der Waals surface area contributed by atoms with E-state index in [1.54, 1.807) is 0 Å². The number of nitrogens with one attached hydrogen (secondary N) is 1. The minimum atomic E-state index is -1.63. The third kappa shape index (κ3) is 5.46. The van der Waals surface area contributed by atoms with Crippen LogP contribution in [0, 0.1) is 4.51 Å². The predicted octanol–water partition coefficient (Wildman–Crippen LogP) is 5.14. The first kappa shape index (κ1) is 25.6. The van der Waals surface area contributed by atoms with Gasteiger partial charge in [0, 0.05) is 0 Å². The second-order valence-electron chi connectivity index (χ2n) is 10.7. The van der Waals surface area contributed by atoms with Gasteiger partial charge in [-0.3, -0.25) is 0 Å². The van der Waals surface area contributed by atoms with Crippen LogP contribution in [0.25, 0.3) is 10.9 Å². The van der Waals surface area contributed by atoms with Gasteiger partial charge in [-0.05, 0) is 0 Å². The van der Waals surface area contributed by atoms with Crippen molar-refractivity contribution in [1.29, 1.82) is 0 Å². The molecule has 0 bridgehead atoms. The fraction of sp³-hybridized carbons (Fsp3) is 0.407. The molecule has 2 aromatic carbocycles. The molecular formula is C27H33ClN3O3PS. The summed E-state index contributed by atoms with van der Waals surface area (Å²) in [6.07, 6.45) is 1.92. The molecule has 9 heteroatoms. The van der Waals surface area contributed by atoms with Crippen molar-refractivity contribution in [2.45, 2.75) is 25.5 Å². The van der Waals surface area contributed by atoms with Gasteiger partial charge in [-0.15, -0.1) is 0 Å². The SMILES string of the molecule is C[PH](C)(C)C1Cn2cc(C(=O)NCc3ccc(Cl)cc3)c(=S)c3cc(CN4CCOCC4)cc(c32)O1. The first-order chi connectivity index (χ1) is 17.2. The quantitative estimate of drug-likeness (QED) is 0.343. The Morgan fingerprint density at radius 2 is 1.86 bits per heavy atom. The van der Waals surface area contributed by atoms with Crippen LogP contribution in [0.5, 0.6) is 5.75 Å². The van der Waals surface area contributed by atoms with Gasteiger partial charge in [-0.25, -0.2) is 0 Å². The molecule has 5 rings (SSSR count). The Balaban J connectivity index is 1.53. The van der Waals surface area contributed by atoms with Gasteiger partial charge >= 0.3 is 212 Å². The monoisotopic (exact) mass is 545 g/mol. The summed E-state index contributed by atoms with van der Waals surface area (Å²) in [6.45, 7) is 12.2. The molecule has 1 fully saturated rings. The molecule has 1 saturated heterocycles. The summed E-state index contributed by atoms with van der Waals surface area (Å²) >= 11 is 11.9. The molecule has 36 heavy (non-hydrogen) atoms. The van der Waals surface area contributed by atoms with Crippen LogP contribution < -0.4 is 10.1 Å². The van der Waals surface area contributed by atoms with Crippen LogP contribution in [0.15, 0.2) is 42.6 Å². The summed E-state index contributed by atoms with van der Waals surface area (Å²) in [5, 5.41) is 4.61. The molecule has 1 unspecified atom stereocenters. The Morgan fingerprint density at radius 1 is 1.14 bits per heavy atom. The number of carbonyl (C=O) groups is 1. The van der Waals surface area contributed by atoms with E-state index in [1.165, 1.54) is 0 Å². The van der Waals surface area contributed by atoms with E-state index in [0.717, 1.165) is 67.2 Å². The van der Waals surface area contributed by atoms with Crippen LogP contribution in [-0.4, -0.2) is 67.5 Å². The Labute approximate surface area is 222 Å². The molecule has 3 aromatic rings. The first-order valence-electron chi connectivity index (χ1n) is 12.4. The minimum absolute atomic E-state index is 0.109. The number of pyridine rings is 1. The van der Waals surface area contributed by atoms with Crippen molar-refractivity contribution in [3.05, 3.63) is 68.8 Å². The summed E-state index contributed by atoms with van der Waals surface area (Å²) in [5.74, 6) is 0.809. The van der Waals surface area contributed by atoms with E-state index in [9.17, 15) is 4.79 Å². The fourth-order valence-corrected chi connectivity index (χ4v) is 6.41. The maximum atomic E-state index is 13.3. The zero-order valence-electron chi connectivity index (χ0n) is 21.0. The number of amides is 1. The molecule has 1 atom stereocenters. The second-order valence-corrected chi connectivity index (χ2v) is 16.9. The van der Waals surface area contributed by atoms with Crippen LogP contribution in [0.3, 0.4) is 0 Å². The van der Waals surface area contributed by atoms with Crippen LogP contribution in [0.2, 0.25) is 5.02 Å². The van der Waals surface area contributed by atoms with Gasteiger partial charge in [0.15, 0.2) is 0 Å². The molecule has 2 aliphatic heterocycles. The summed E-state index contributed by atoms with van der Waals surface area (Å²) in [4.78, 5) is 15.7. The molecule has 3 heterocycles. The van der Waals surface area contributed by atoms with Crippen molar-refractivity contribution >= 4 is 47.9 Å². The molecule has 0 spiro atoms. The number of ether oxygens (including phenoxy) is 2. The molecule has 0 radical (unpaired) electrons.